The Bertz CT molecular complexity index is 898. The van der Waals surface area contributed by atoms with Gasteiger partial charge in [-0.15, -0.1) is 0 Å². The fraction of sp³-hybridized carbons (Fsp3) is 0.500. The number of nitrogens with zero attached hydrogens (tertiary/aromatic N) is 2. The van der Waals surface area contributed by atoms with Gasteiger partial charge in [0.1, 0.15) is 0 Å². The van der Waals surface area contributed by atoms with E-state index in [4.69, 9.17) is 4.74 Å². The molecule has 1 aromatic carbocycles. The van der Waals surface area contributed by atoms with Gasteiger partial charge < -0.3 is 10.1 Å². The summed E-state index contributed by atoms with van der Waals surface area (Å²) >= 11 is 0. The van der Waals surface area contributed by atoms with Crippen molar-refractivity contribution in [2.24, 2.45) is 13.0 Å². The van der Waals surface area contributed by atoms with Gasteiger partial charge in [-0.3, -0.25) is 14.4 Å². The minimum Gasteiger partial charge on any atom is -0.455 e. The van der Waals surface area contributed by atoms with Crippen molar-refractivity contribution in [3.05, 3.63) is 40.3 Å². The van der Waals surface area contributed by atoms with Crippen LogP contribution in [-0.2, 0) is 27.8 Å². The summed E-state index contributed by atoms with van der Waals surface area (Å²) in [6.45, 7) is 1.92. The minimum atomic E-state index is -0.543. The molecule has 144 valence electrons. The van der Waals surface area contributed by atoms with E-state index in [1.54, 1.807) is 31.3 Å². The summed E-state index contributed by atoms with van der Waals surface area (Å²) < 4.78 is 6.32. The number of amides is 1. The number of carbonyl (C=O) groups is 2. The number of nitrogens with one attached hydrogen (secondary N) is 1. The summed E-state index contributed by atoms with van der Waals surface area (Å²) in [5, 5.41) is 8.22. The predicted molar refractivity (Wildman–Crippen MR) is 101 cm³/mol. The Labute approximate surface area is 157 Å². The van der Waals surface area contributed by atoms with Gasteiger partial charge in [0, 0.05) is 18.5 Å². The maximum atomic E-state index is 12.2. The summed E-state index contributed by atoms with van der Waals surface area (Å²) in [7, 11) is 1.54. The van der Waals surface area contributed by atoms with E-state index in [9.17, 15) is 14.4 Å². The topological polar surface area (TPSA) is 90.3 Å². The second kappa shape index (κ2) is 8.33. The third-order valence-electron chi connectivity index (χ3n) is 5.09. The average Bonchev–Trinajstić information content (AvgIpc) is 2.66. The minimum absolute atomic E-state index is 0.0944. The third kappa shape index (κ3) is 4.72. The molecule has 2 aromatic rings. The molecule has 27 heavy (non-hydrogen) atoms. The number of hydrogen-bond donors (Lipinski definition) is 1. The Kier molecular flexibility index (Phi) is 5.88. The molecule has 0 aliphatic heterocycles. The summed E-state index contributed by atoms with van der Waals surface area (Å²) in [6.07, 6.45) is 4.05. The van der Waals surface area contributed by atoms with Crippen LogP contribution < -0.4 is 10.9 Å². The molecule has 1 amide bonds. The first-order valence-corrected chi connectivity index (χ1v) is 9.34. The summed E-state index contributed by atoms with van der Waals surface area (Å²) in [6, 6.07) is 7.18. The normalized spacial score (nSPS) is 19.6. The number of carbonyl (C=O) groups excluding carboxylic acids is 2. The highest BCUT2D eigenvalue weighted by atomic mass is 16.5. The van der Waals surface area contributed by atoms with E-state index in [1.165, 1.54) is 4.68 Å². The molecule has 3 rings (SSSR count). The highest BCUT2D eigenvalue weighted by molar-refractivity contribution is 5.87. The van der Waals surface area contributed by atoms with Crippen LogP contribution in [0.2, 0.25) is 0 Å². The van der Waals surface area contributed by atoms with Crippen LogP contribution in [0.5, 0.6) is 0 Å². The van der Waals surface area contributed by atoms with Gasteiger partial charge in [0.2, 0.25) is 0 Å². The quantitative estimate of drug-likeness (QED) is 0.808. The molecule has 7 heteroatoms. The molecule has 1 saturated carbocycles. The molecule has 0 unspecified atom stereocenters. The van der Waals surface area contributed by atoms with Crippen LogP contribution in [0, 0.1) is 5.92 Å². The highest BCUT2D eigenvalue weighted by Crippen LogP contribution is 2.23. The Morgan fingerprint density at radius 3 is 2.56 bits per heavy atom. The maximum Gasteiger partial charge on any atom is 0.312 e. The lowest BCUT2D eigenvalue weighted by Crippen LogP contribution is -2.39. The van der Waals surface area contributed by atoms with Gasteiger partial charge >= 0.3 is 5.97 Å². The van der Waals surface area contributed by atoms with Crippen molar-refractivity contribution in [2.45, 2.75) is 45.1 Å². The molecular weight excluding hydrogens is 346 g/mol. The summed E-state index contributed by atoms with van der Waals surface area (Å²) in [4.78, 5) is 36.3. The lowest BCUT2D eigenvalue weighted by atomic mass is 9.87. The maximum absolute atomic E-state index is 12.2. The zero-order chi connectivity index (χ0) is 19.4. The molecule has 0 bridgehead atoms. The Morgan fingerprint density at radius 2 is 1.85 bits per heavy atom. The Hall–Kier alpha value is -2.70. The fourth-order valence-electron chi connectivity index (χ4n) is 3.51. The van der Waals surface area contributed by atoms with Crippen molar-refractivity contribution in [1.82, 2.24) is 15.1 Å². The first-order chi connectivity index (χ1) is 12.9. The van der Waals surface area contributed by atoms with Gasteiger partial charge in [-0.05, 0) is 37.7 Å². The second-order valence-electron chi connectivity index (χ2n) is 7.28. The number of rotatable bonds is 5. The van der Waals surface area contributed by atoms with E-state index >= 15 is 0 Å². The molecule has 7 nitrogen and oxygen atoms in total. The number of aromatic nitrogens is 2. The van der Waals surface area contributed by atoms with Crippen LogP contribution in [0.15, 0.2) is 29.1 Å². The zero-order valence-electron chi connectivity index (χ0n) is 15.7. The molecule has 1 fully saturated rings. The number of fused-ring (bicyclic) bond motifs is 1. The SMILES string of the molecule is CC1CCC(NC(=O)COC(=O)Cc2nn(C)c(=O)c3ccccc23)CC1. The Morgan fingerprint density at radius 1 is 1.19 bits per heavy atom. The van der Waals surface area contributed by atoms with Crippen molar-refractivity contribution in [2.75, 3.05) is 6.61 Å². The molecule has 0 radical (unpaired) electrons. The molecule has 1 aromatic heterocycles. The molecule has 0 atom stereocenters. The monoisotopic (exact) mass is 371 g/mol. The molecule has 1 aliphatic rings. The van der Waals surface area contributed by atoms with E-state index in [1.807, 2.05) is 0 Å². The number of benzene rings is 1. The molecule has 1 aliphatic carbocycles. The highest BCUT2D eigenvalue weighted by Gasteiger charge is 2.20. The van der Waals surface area contributed by atoms with Crippen molar-refractivity contribution < 1.29 is 14.3 Å². The number of esters is 1. The van der Waals surface area contributed by atoms with Gasteiger partial charge in [-0.2, -0.15) is 5.10 Å². The zero-order valence-corrected chi connectivity index (χ0v) is 15.7. The molecular formula is C20H25N3O4. The van der Waals surface area contributed by atoms with Crippen molar-refractivity contribution >= 4 is 22.6 Å². The predicted octanol–water partition coefficient (Wildman–Crippen LogP) is 1.71. The van der Waals surface area contributed by atoms with Crippen molar-refractivity contribution in [3.8, 4) is 0 Å². The van der Waals surface area contributed by atoms with E-state index in [0.717, 1.165) is 25.7 Å². The summed E-state index contributed by atoms with van der Waals surface area (Å²) in [5.41, 5.74) is 0.239. The molecule has 1 heterocycles. The third-order valence-corrected chi connectivity index (χ3v) is 5.09. The van der Waals surface area contributed by atoms with Crippen LogP contribution in [0.1, 0.15) is 38.3 Å². The fourth-order valence-corrected chi connectivity index (χ4v) is 3.51. The van der Waals surface area contributed by atoms with Gasteiger partial charge in [0.15, 0.2) is 6.61 Å². The first-order valence-electron chi connectivity index (χ1n) is 9.34. The molecule has 0 saturated heterocycles. The van der Waals surface area contributed by atoms with E-state index in [-0.39, 0.29) is 30.5 Å². The van der Waals surface area contributed by atoms with Crippen LogP contribution in [-0.4, -0.2) is 34.3 Å². The number of aryl methyl sites for hydroxylation is 1. The van der Waals surface area contributed by atoms with Gasteiger partial charge in [-0.25, -0.2) is 4.68 Å². The second-order valence-corrected chi connectivity index (χ2v) is 7.28. The van der Waals surface area contributed by atoms with E-state index in [2.05, 4.69) is 17.3 Å². The van der Waals surface area contributed by atoms with E-state index in [0.29, 0.717) is 22.4 Å². The van der Waals surface area contributed by atoms with Gasteiger partial charge in [0.25, 0.3) is 11.5 Å². The molecule has 1 N–H and O–H groups in total. The average molecular weight is 371 g/mol. The van der Waals surface area contributed by atoms with Gasteiger partial charge in [-0.1, -0.05) is 25.1 Å². The van der Waals surface area contributed by atoms with Crippen LogP contribution in [0.25, 0.3) is 10.8 Å². The van der Waals surface area contributed by atoms with Crippen LogP contribution in [0.4, 0.5) is 0 Å². The van der Waals surface area contributed by atoms with Crippen LogP contribution in [0.3, 0.4) is 0 Å². The molecule has 0 spiro atoms. The standard InChI is InChI=1S/C20H25N3O4/c1-13-7-9-14(10-8-13)21-18(24)12-27-19(25)11-17-15-5-3-4-6-16(15)20(26)23(2)22-17/h3-6,13-14H,7-12H2,1-2H3,(H,21,24). The largest absolute Gasteiger partial charge is 0.455 e. The smallest absolute Gasteiger partial charge is 0.312 e. The van der Waals surface area contributed by atoms with Crippen molar-refractivity contribution in [3.63, 3.8) is 0 Å². The van der Waals surface area contributed by atoms with E-state index < -0.39 is 5.97 Å². The number of ether oxygens (including phenoxy) is 1. The summed E-state index contributed by atoms with van der Waals surface area (Å²) in [5.74, 6) is -0.111. The first kappa shape index (κ1) is 19.1. The van der Waals surface area contributed by atoms with Crippen LogP contribution >= 0.6 is 0 Å². The lowest BCUT2D eigenvalue weighted by Gasteiger charge is -2.26. The van der Waals surface area contributed by atoms with Gasteiger partial charge in [0.05, 0.1) is 17.5 Å². The lowest BCUT2D eigenvalue weighted by molar-refractivity contribution is -0.148. The number of hydrogen-bond acceptors (Lipinski definition) is 5. The Balaban J connectivity index is 1.57. The van der Waals surface area contributed by atoms with Crippen molar-refractivity contribution in [1.29, 1.82) is 0 Å².